The summed E-state index contributed by atoms with van der Waals surface area (Å²) in [4.78, 5) is 10.5. The van der Waals surface area contributed by atoms with Crippen LogP contribution in [-0.4, -0.2) is 76.4 Å². The zero-order valence-electron chi connectivity index (χ0n) is 13.7. The molecule has 0 radical (unpaired) electrons. The number of hydrogen-bond donors (Lipinski definition) is 1. The van der Waals surface area contributed by atoms with Gasteiger partial charge in [-0.1, -0.05) is 0 Å². The first-order chi connectivity index (χ1) is 11.7. The Morgan fingerprint density at radius 2 is 1.64 bits per heavy atom. The van der Waals surface area contributed by atoms with E-state index in [1.165, 1.54) is 35.6 Å². The molecule has 1 saturated heterocycles. The Bertz CT molecular complexity index is 813. The number of benzene rings is 1. The summed E-state index contributed by atoms with van der Waals surface area (Å²) in [6.07, 6.45) is -0.320. The quantitative estimate of drug-likeness (QED) is 0.682. The fourth-order valence-electron chi connectivity index (χ4n) is 2.27. The van der Waals surface area contributed by atoms with Gasteiger partial charge in [0.05, 0.1) is 29.4 Å². The van der Waals surface area contributed by atoms with E-state index in [0.29, 0.717) is 13.2 Å². The number of morpholine rings is 1. The summed E-state index contributed by atoms with van der Waals surface area (Å²) in [5.41, 5.74) is 0. The number of carbonyl (C=O) groups is 1. The van der Waals surface area contributed by atoms with Crippen molar-refractivity contribution in [1.29, 1.82) is 0 Å². The summed E-state index contributed by atoms with van der Waals surface area (Å²) >= 11 is 0. The number of hydrogen-bond acceptors (Lipinski definition) is 6. The average molecular weight is 392 g/mol. The fraction of sp³-hybridized carbons (Fsp3) is 0.500. The normalized spacial score (nSPS) is 16.9. The van der Waals surface area contributed by atoms with Gasteiger partial charge in [0.2, 0.25) is 20.0 Å². The van der Waals surface area contributed by atoms with Crippen molar-refractivity contribution in [2.45, 2.75) is 16.2 Å². The first-order valence-corrected chi connectivity index (χ1v) is 10.4. The maximum atomic E-state index is 12.5. The minimum Gasteiger partial charge on any atom is -0.481 e. The summed E-state index contributed by atoms with van der Waals surface area (Å²) in [6.45, 7) is 0.965. The van der Waals surface area contributed by atoms with Gasteiger partial charge in [-0.2, -0.15) is 4.31 Å². The Balaban J connectivity index is 2.19. The average Bonchev–Trinajstić information content (AvgIpc) is 2.60. The van der Waals surface area contributed by atoms with Gasteiger partial charge in [0.25, 0.3) is 0 Å². The molecule has 1 heterocycles. The molecule has 0 aromatic heterocycles. The van der Waals surface area contributed by atoms with Crippen LogP contribution in [0.4, 0.5) is 0 Å². The van der Waals surface area contributed by atoms with Gasteiger partial charge in [-0.3, -0.25) is 4.79 Å². The molecule has 1 aromatic rings. The third-order valence-electron chi connectivity index (χ3n) is 3.78. The van der Waals surface area contributed by atoms with E-state index in [2.05, 4.69) is 0 Å². The van der Waals surface area contributed by atoms with Crippen LogP contribution in [-0.2, 0) is 29.6 Å². The van der Waals surface area contributed by atoms with Crippen LogP contribution in [0.3, 0.4) is 0 Å². The van der Waals surface area contributed by atoms with Crippen LogP contribution >= 0.6 is 0 Å². The van der Waals surface area contributed by atoms with Gasteiger partial charge in [0.15, 0.2) is 0 Å². The molecule has 9 nitrogen and oxygen atoms in total. The van der Waals surface area contributed by atoms with Crippen molar-refractivity contribution in [3.8, 4) is 0 Å². The van der Waals surface area contributed by atoms with Crippen LogP contribution in [0, 0.1) is 0 Å². The molecule has 140 valence electrons. The van der Waals surface area contributed by atoms with Crippen LogP contribution in [0.25, 0.3) is 0 Å². The fourth-order valence-corrected chi connectivity index (χ4v) is 4.85. The Labute approximate surface area is 146 Å². The molecule has 1 aliphatic heterocycles. The SMILES string of the molecule is CN(CCC(=O)O)S(=O)(=O)c1ccc(S(=O)(=O)N2CCOCC2)cc1. The van der Waals surface area contributed by atoms with Gasteiger partial charge in [0, 0.05) is 26.7 Å². The summed E-state index contributed by atoms with van der Waals surface area (Å²) < 4.78 is 57.1. The van der Waals surface area contributed by atoms with Crippen molar-refractivity contribution < 1.29 is 31.5 Å². The van der Waals surface area contributed by atoms with Crippen molar-refractivity contribution in [3.63, 3.8) is 0 Å². The van der Waals surface area contributed by atoms with Gasteiger partial charge in [-0.05, 0) is 24.3 Å². The maximum absolute atomic E-state index is 12.5. The van der Waals surface area contributed by atoms with Gasteiger partial charge < -0.3 is 9.84 Å². The molecule has 1 fully saturated rings. The first kappa shape index (κ1) is 19.8. The smallest absolute Gasteiger partial charge is 0.304 e. The van der Waals surface area contributed by atoms with E-state index in [1.807, 2.05) is 0 Å². The highest BCUT2D eigenvalue weighted by Crippen LogP contribution is 2.21. The second-order valence-electron chi connectivity index (χ2n) is 5.46. The molecule has 0 amide bonds. The van der Waals surface area contributed by atoms with Crippen molar-refractivity contribution in [2.24, 2.45) is 0 Å². The number of aliphatic carboxylic acids is 1. The standard InChI is InChI=1S/C14H20N2O7S2/c1-15(7-6-14(17)18)24(19,20)12-2-4-13(5-3-12)25(21,22)16-8-10-23-11-9-16/h2-5H,6-11H2,1H3,(H,17,18). The van der Waals surface area contributed by atoms with E-state index in [0.717, 1.165) is 4.31 Å². The highest BCUT2D eigenvalue weighted by Gasteiger charge is 2.27. The second kappa shape index (κ2) is 7.79. The zero-order chi connectivity index (χ0) is 18.7. The van der Waals surface area contributed by atoms with Crippen molar-refractivity contribution in [2.75, 3.05) is 39.9 Å². The Morgan fingerprint density at radius 3 is 2.16 bits per heavy atom. The lowest BCUT2D eigenvalue weighted by Crippen LogP contribution is -2.40. The predicted molar refractivity (Wildman–Crippen MR) is 88.1 cm³/mol. The minimum atomic E-state index is -3.88. The molecular formula is C14H20N2O7S2. The summed E-state index contributed by atoms with van der Waals surface area (Å²) in [5, 5.41) is 8.65. The molecule has 0 bridgehead atoms. The van der Waals surface area contributed by atoms with E-state index in [-0.39, 0.29) is 35.8 Å². The molecule has 1 N–H and O–H groups in total. The highest BCUT2D eigenvalue weighted by molar-refractivity contribution is 7.89. The molecule has 1 aromatic carbocycles. The minimum absolute atomic E-state index is 0.00143. The lowest BCUT2D eigenvalue weighted by Gasteiger charge is -2.26. The predicted octanol–water partition coefficient (Wildman–Crippen LogP) is -0.197. The number of rotatable bonds is 7. The molecule has 0 spiro atoms. The number of carboxylic acid groups (broad SMARTS) is 1. The van der Waals surface area contributed by atoms with Crippen molar-refractivity contribution >= 4 is 26.0 Å². The molecular weight excluding hydrogens is 372 g/mol. The molecule has 0 unspecified atom stereocenters. The van der Waals surface area contributed by atoms with Crippen LogP contribution < -0.4 is 0 Å². The van der Waals surface area contributed by atoms with Crippen LogP contribution in [0.1, 0.15) is 6.42 Å². The Kier molecular flexibility index (Phi) is 6.16. The van der Waals surface area contributed by atoms with Crippen molar-refractivity contribution in [1.82, 2.24) is 8.61 Å². The van der Waals surface area contributed by atoms with E-state index < -0.39 is 26.0 Å². The largest absolute Gasteiger partial charge is 0.481 e. The van der Waals surface area contributed by atoms with Crippen molar-refractivity contribution in [3.05, 3.63) is 24.3 Å². The monoisotopic (exact) mass is 392 g/mol. The van der Waals surface area contributed by atoms with Gasteiger partial charge in [0.1, 0.15) is 0 Å². The summed E-state index contributed by atoms with van der Waals surface area (Å²) in [7, 11) is -6.30. The number of sulfonamides is 2. The third-order valence-corrected chi connectivity index (χ3v) is 7.56. The molecule has 2 rings (SSSR count). The van der Waals surface area contributed by atoms with E-state index in [9.17, 15) is 21.6 Å². The Morgan fingerprint density at radius 1 is 1.12 bits per heavy atom. The molecule has 11 heteroatoms. The maximum Gasteiger partial charge on any atom is 0.304 e. The number of carboxylic acids is 1. The zero-order valence-corrected chi connectivity index (χ0v) is 15.3. The topological polar surface area (TPSA) is 121 Å². The number of nitrogens with zero attached hydrogens (tertiary/aromatic N) is 2. The number of ether oxygens (including phenoxy) is 1. The first-order valence-electron chi connectivity index (χ1n) is 7.52. The summed E-state index contributed by atoms with van der Waals surface area (Å²) in [6, 6.07) is 4.89. The van der Waals surface area contributed by atoms with Crippen LogP contribution in [0.15, 0.2) is 34.1 Å². The van der Waals surface area contributed by atoms with E-state index in [1.54, 1.807) is 0 Å². The van der Waals surface area contributed by atoms with Crippen LogP contribution in [0.2, 0.25) is 0 Å². The summed E-state index contributed by atoms with van der Waals surface area (Å²) in [5.74, 6) is -1.10. The highest BCUT2D eigenvalue weighted by atomic mass is 32.2. The molecule has 0 saturated carbocycles. The lowest BCUT2D eigenvalue weighted by atomic mass is 10.4. The molecule has 1 aliphatic rings. The molecule has 0 aliphatic carbocycles. The van der Waals surface area contributed by atoms with Gasteiger partial charge >= 0.3 is 5.97 Å². The van der Waals surface area contributed by atoms with E-state index >= 15 is 0 Å². The Hall–Kier alpha value is -1.53. The second-order valence-corrected chi connectivity index (χ2v) is 9.44. The van der Waals surface area contributed by atoms with E-state index in [4.69, 9.17) is 9.84 Å². The third kappa shape index (κ3) is 4.55. The van der Waals surface area contributed by atoms with Gasteiger partial charge in [-0.15, -0.1) is 0 Å². The van der Waals surface area contributed by atoms with Gasteiger partial charge in [-0.25, -0.2) is 21.1 Å². The molecule has 0 atom stereocenters. The molecule has 25 heavy (non-hydrogen) atoms. The lowest BCUT2D eigenvalue weighted by molar-refractivity contribution is -0.137. The van der Waals surface area contributed by atoms with Crippen LogP contribution in [0.5, 0.6) is 0 Å².